The van der Waals surface area contributed by atoms with Crippen LogP contribution in [0.5, 0.6) is 0 Å². The van der Waals surface area contributed by atoms with Crippen LogP contribution >= 0.6 is 37.7 Å². The van der Waals surface area contributed by atoms with E-state index in [9.17, 15) is 0 Å². The van der Waals surface area contributed by atoms with Crippen molar-refractivity contribution in [3.05, 3.63) is 24.3 Å². The van der Waals surface area contributed by atoms with Crippen molar-refractivity contribution >= 4 is 48.3 Å². The zero-order chi connectivity index (χ0) is 19.4. The molecule has 1 aromatic carbocycles. The monoisotopic (exact) mass is 446 g/mol. The van der Waals surface area contributed by atoms with Crippen molar-refractivity contribution in [1.82, 2.24) is 0 Å². The Morgan fingerprint density at radius 2 is 1.00 bits per heavy atom. The van der Waals surface area contributed by atoms with E-state index in [0.717, 1.165) is 22.6 Å². The fourth-order valence-electron chi connectivity index (χ4n) is 8.28. The van der Waals surface area contributed by atoms with Gasteiger partial charge in [-0.1, -0.05) is 0 Å². The predicted molar refractivity (Wildman–Crippen MR) is 132 cm³/mol. The molecule has 0 nitrogen and oxygen atoms in total. The first-order valence-electron chi connectivity index (χ1n) is 11.5. The zero-order valence-electron chi connectivity index (χ0n) is 17.5. The summed E-state index contributed by atoms with van der Waals surface area (Å²) >= 11 is 15.9. The van der Waals surface area contributed by atoms with Gasteiger partial charge in [0, 0.05) is 0 Å². The first-order chi connectivity index (χ1) is 13.0. The Morgan fingerprint density at radius 1 is 0.704 bits per heavy atom. The molecule has 4 heteroatoms. The van der Waals surface area contributed by atoms with Crippen LogP contribution in [0.2, 0.25) is 0 Å². The average molecular weight is 447 g/mol. The van der Waals surface area contributed by atoms with E-state index in [4.69, 9.17) is 23.2 Å². The van der Waals surface area contributed by atoms with Gasteiger partial charge in [-0.25, -0.2) is 0 Å². The van der Waals surface area contributed by atoms with E-state index in [2.05, 4.69) is 52.0 Å². The molecule has 154 valence electrons. The van der Waals surface area contributed by atoms with Crippen molar-refractivity contribution in [3.63, 3.8) is 0 Å². The quantitative estimate of drug-likeness (QED) is 0.337. The van der Waals surface area contributed by atoms with Gasteiger partial charge in [-0.05, 0) is 0 Å². The Labute approximate surface area is 177 Å². The summed E-state index contributed by atoms with van der Waals surface area (Å²) in [5.41, 5.74) is 3.06. The van der Waals surface area contributed by atoms with Crippen LogP contribution in [-0.2, 0) is 0 Å². The third-order valence-electron chi connectivity index (χ3n) is 9.13. The summed E-state index contributed by atoms with van der Waals surface area (Å²) in [6, 6.07) is 9.58. The summed E-state index contributed by atoms with van der Waals surface area (Å²) in [6.07, 6.45) is 10.5. The van der Waals surface area contributed by atoms with Crippen molar-refractivity contribution in [2.75, 3.05) is 0 Å². The number of halogens is 2. The molecule has 4 rings (SSSR count). The van der Waals surface area contributed by atoms with Crippen molar-refractivity contribution in [1.29, 1.82) is 0 Å². The zero-order valence-corrected chi connectivity index (χ0v) is 21.0. The van der Waals surface area contributed by atoms with Gasteiger partial charge < -0.3 is 0 Å². The molecule has 0 amide bonds. The Bertz CT molecular complexity index is 620. The number of fused-ring (bicyclic) bond motifs is 3. The maximum atomic E-state index is 7.94. The van der Waals surface area contributed by atoms with Crippen LogP contribution in [0.1, 0.15) is 79.1 Å². The van der Waals surface area contributed by atoms with Gasteiger partial charge in [0.25, 0.3) is 0 Å². The fraction of sp³-hybridized carbons (Fsp3) is 0.739. The molecule has 1 aromatic rings. The minimum atomic E-state index is -2.04. The molecule has 0 aliphatic carbocycles. The van der Waals surface area contributed by atoms with Crippen molar-refractivity contribution < 1.29 is 0 Å². The summed E-state index contributed by atoms with van der Waals surface area (Å²) < 4.78 is -0.431. The summed E-state index contributed by atoms with van der Waals surface area (Å²) in [6.45, 7) is 9.61. The molecule has 2 saturated heterocycles. The number of hydrogen-bond donors (Lipinski definition) is 0. The van der Waals surface area contributed by atoms with Gasteiger partial charge >= 0.3 is 178 Å². The third kappa shape index (κ3) is 2.32. The number of alkyl halides is 2. The van der Waals surface area contributed by atoms with E-state index in [-0.39, 0.29) is 0 Å². The van der Waals surface area contributed by atoms with Gasteiger partial charge in [0.1, 0.15) is 0 Å². The van der Waals surface area contributed by atoms with E-state index in [1.54, 1.807) is 10.6 Å². The van der Waals surface area contributed by atoms with Crippen LogP contribution in [0.25, 0.3) is 0 Å². The van der Waals surface area contributed by atoms with E-state index in [1.807, 2.05) is 0 Å². The van der Waals surface area contributed by atoms with Crippen molar-refractivity contribution in [3.8, 4) is 0 Å². The fourth-order valence-corrected chi connectivity index (χ4v) is 33.1. The Kier molecular flexibility index (Phi) is 5.74. The van der Waals surface area contributed by atoms with E-state index in [0.29, 0.717) is 0 Å². The topological polar surface area (TPSA) is 0 Å². The summed E-state index contributed by atoms with van der Waals surface area (Å²) in [5.74, 6) is 0. The number of hydrogen-bond acceptors (Lipinski definition) is 0. The molecule has 0 unspecified atom stereocenters. The van der Waals surface area contributed by atoms with E-state index >= 15 is 0 Å². The van der Waals surface area contributed by atoms with Gasteiger partial charge in [0.05, 0.1) is 0 Å². The SMILES string of the molecule is CC[C@@H]1CC[C@@H](CC)[PH]12c1ccccc1[PH]1([C@H](CC)CC[C@H]1CC)C2(Cl)Cl. The second-order valence-electron chi connectivity index (χ2n) is 9.43. The summed E-state index contributed by atoms with van der Waals surface area (Å²) in [5, 5.41) is 3.44. The van der Waals surface area contributed by atoms with Gasteiger partial charge in [0.2, 0.25) is 0 Å². The molecule has 0 N–H and O–H groups in total. The van der Waals surface area contributed by atoms with Crippen LogP contribution in [0.4, 0.5) is 0 Å². The van der Waals surface area contributed by atoms with Gasteiger partial charge in [-0.3, -0.25) is 0 Å². The molecular weight excluding hydrogens is 409 g/mol. The molecule has 27 heavy (non-hydrogen) atoms. The van der Waals surface area contributed by atoms with E-state index < -0.39 is 18.3 Å². The second-order valence-corrected chi connectivity index (χ2v) is 21.8. The van der Waals surface area contributed by atoms with Crippen LogP contribution in [0, 0.1) is 0 Å². The first-order valence-corrected chi connectivity index (χ1v) is 16.5. The van der Waals surface area contributed by atoms with Gasteiger partial charge in [-0.2, -0.15) is 0 Å². The molecule has 4 atom stereocenters. The molecule has 0 saturated carbocycles. The number of benzene rings is 1. The second kappa shape index (κ2) is 7.41. The minimum absolute atomic E-state index is 0.431. The van der Waals surface area contributed by atoms with Crippen LogP contribution < -0.4 is 10.6 Å². The Hall–Kier alpha value is 0.660. The molecule has 3 aliphatic rings. The standard InChI is InChI=1S/C23H38Cl2P2/c1-5-17-13-14-18(6-2)26(17)21-11-9-10-12-22(21)27(23(26,24)25)19(7-3)15-16-20(27)8-4/h9-12,17-20,26-27H,5-8,13-16H2,1-4H3/t17-,18-,19-,20-/m1/s1. The normalized spacial score (nSPS) is 37.6. The molecule has 0 aromatic heterocycles. The Morgan fingerprint density at radius 3 is 1.26 bits per heavy atom. The number of rotatable bonds is 4. The first kappa shape index (κ1) is 20.9. The van der Waals surface area contributed by atoms with Crippen LogP contribution in [-0.4, -0.2) is 26.5 Å². The molecule has 0 bridgehead atoms. The van der Waals surface area contributed by atoms with E-state index in [1.165, 1.54) is 51.4 Å². The molecular formula is C23H38Cl2P2. The molecule has 2 fully saturated rings. The Balaban J connectivity index is 2.08. The van der Waals surface area contributed by atoms with Gasteiger partial charge in [-0.15, -0.1) is 0 Å². The average Bonchev–Trinajstić information content (AvgIpc) is 3.31. The summed E-state index contributed by atoms with van der Waals surface area (Å²) in [4.78, 5) is 0. The van der Waals surface area contributed by atoms with Crippen molar-refractivity contribution in [2.45, 2.75) is 106 Å². The molecule has 2 spiro atoms. The third-order valence-corrected chi connectivity index (χ3v) is 28.3. The maximum absolute atomic E-state index is 7.94. The molecule has 3 heterocycles. The van der Waals surface area contributed by atoms with Crippen LogP contribution in [0.3, 0.4) is 0 Å². The molecule has 0 radical (unpaired) electrons. The van der Waals surface area contributed by atoms with Gasteiger partial charge in [0.15, 0.2) is 0 Å². The van der Waals surface area contributed by atoms with Crippen molar-refractivity contribution in [2.24, 2.45) is 0 Å². The molecule has 3 aliphatic heterocycles. The predicted octanol–water partition coefficient (Wildman–Crippen LogP) is 7.24. The van der Waals surface area contributed by atoms with Crippen LogP contribution in [0.15, 0.2) is 24.3 Å². The summed E-state index contributed by atoms with van der Waals surface area (Å²) in [7, 11) is -4.07.